The average Bonchev–Trinajstić information content (AvgIpc) is 3.15. The molecule has 3 aromatic rings. The van der Waals surface area contributed by atoms with Crippen LogP contribution in [-0.4, -0.2) is 11.8 Å². The molecule has 0 aliphatic carbocycles. The molecule has 0 atom stereocenters. The molecule has 0 spiro atoms. The molecular weight excluding hydrogens is 389 g/mol. The minimum absolute atomic E-state index is 0.378. The Morgan fingerprint density at radius 3 is 1.59 bits per heavy atom. The summed E-state index contributed by atoms with van der Waals surface area (Å²) in [7, 11) is 1.68. The third-order valence-corrected chi connectivity index (χ3v) is 6.22. The normalized spacial score (nSPS) is 11.7. The van der Waals surface area contributed by atoms with E-state index in [1.807, 2.05) is 0 Å². The molecule has 0 N–H and O–H groups in total. The number of rotatable bonds is 7. The Labute approximate surface area is 195 Å². The maximum Gasteiger partial charge on any atom is 0.135 e. The fraction of sp³-hybridized carbons (Fsp3) is 0.429. The van der Waals surface area contributed by atoms with Gasteiger partial charge in [-0.25, -0.2) is 15.1 Å². The number of hydrogen-bond acceptors (Lipinski definition) is 1. The van der Waals surface area contributed by atoms with Crippen molar-refractivity contribution in [3.63, 3.8) is 0 Å². The highest BCUT2D eigenvalue weighted by molar-refractivity contribution is 6.58. The second kappa shape index (κ2) is 9.78. The fourth-order valence-electron chi connectivity index (χ4n) is 4.56. The van der Waals surface area contributed by atoms with E-state index in [1.54, 1.807) is 7.28 Å². The number of para-hydroxylation sites is 2. The van der Waals surface area contributed by atoms with E-state index in [-0.39, 0.29) is 0 Å². The highest BCUT2D eigenvalue weighted by atomic mass is 15.1. The molecule has 1 heterocycles. The largest absolute Gasteiger partial charge is 0.256 e. The minimum Gasteiger partial charge on any atom is -0.256 e. The first kappa shape index (κ1) is 23.9. The second-order valence-corrected chi connectivity index (χ2v) is 9.86. The van der Waals surface area contributed by atoms with Crippen LogP contribution < -0.4 is 10.3 Å². The lowest BCUT2D eigenvalue weighted by Crippen LogP contribution is -2.52. The number of aromatic nitrogens is 2. The van der Waals surface area contributed by atoms with Crippen molar-refractivity contribution in [2.45, 2.75) is 79.1 Å². The van der Waals surface area contributed by atoms with Gasteiger partial charge in [0.05, 0.1) is 0 Å². The minimum atomic E-state index is 0.378. The SMILES string of the molecule is CC(C)c1cccc(C(C)C)c1-n1cc[n+](-c2c(C(C)C)cccc2C(C)C)c1[B-]C#N. The second-order valence-electron chi connectivity index (χ2n) is 9.86. The van der Waals surface area contributed by atoms with Crippen molar-refractivity contribution < 1.29 is 4.57 Å². The first-order chi connectivity index (χ1) is 15.2. The molecule has 2 radical (unpaired) electrons. The van der Waals surface area contributed by atoms with Gasteiger partial charge in [-0.1, -0.05) is 91.8 Å². The first-order valence-electron chi connectivity index (χ1n) is 11.8. The van der Waals surface area contributed by atoms with Crippen molar-refractivity contribution in [3.8, 4) is 17.3 Å². The highest BCUT2D eigenvalue weighted by Crippen LogP contribution is 2.31. The molecule has 0 aliphatic rings. The molecule has 3 nitrogen and oxygen atoms in total. The summed E-state index contributed by atoms with van der Waals surface area (Å²) >= 11 is 0. The van der Waals surface area contributed by atoms with Crippen LogP contribution in [0.5, 0.6) is 0 Å². The monoisotopic (exact) mass is 425 g/mol. The standard InChI is InChI=1S/C28H36BN3/c1-18(2)22-11-9-12-23(19(3)4)26(22)31-15-16-32(28(31)29-17-30)27-24(20(5)6)13-10-14-25(27)21(7)8/h9-16,18-21H,1-8H3. The Bertz CT molecular complexity index is 997. The van der Waals surface area contributed by atoms with Crippen LogP contribution >= 0.6 is 0 Å². The van der Waals surface area contributed by atoms with Crippen molar-refractivity contribution in [3.05, 3.63) is 71.0 Å². The lowest BCUT2D eigenvalue weighted by molar-refractivity contribution is -0.576. The molecule has 0 amide bonds. The van der Waals surface area contributed by atoms with Gasteiger partial charge in [-0.05, 0) is 31.0 Å². The highest BCUT2D eigenvalue weighted by Gasteiger charge is 2.25. The maximum absolute atomic E-state index is 9.76. The zero-order valence-corrected chi connectivity index (χ0v) is 20.8. The lowest BCUT2D eigenvalue weighted by Gasteiger charge is -2.22. The van der Waals surface area contributed by atoms with Crippen LogP contribution in [0.2, 0.25) is 0 Å². The summed E-state index contributed by atoms with van der Waals surface area (Å²) in [5.74, 6) is 3.83. The van der Waals surface area contributed by atoms with Crippen molar-refractivity contribution in [1.82, 2.24) is 4.57 Å². The van der Waals surface area contributed by atoms with Crippen molar-refractivity contribution in [2.75, 3.05) is 0 Å². The molecule has 166 valence electrons. The van der Waals surface area contributed by atoms with Gasteiger partial charge in [0.15, 0.2) is 0 Å². The summed E-state index contributed by atoms with van der Waals surface area (Å²) in [6, 6.07) is 13.2. The van der Waals surface area contributed by atoms with Crippen molar-refractivity contribution >= 4 is 13.0 Å². The molecule has 0 saturated heterocycles. The summed E-state index contributed by atoms with van der Waals surface area (Å²) in [5, 5.41) is 9.76. The van der Waals surface area contributed by atoms with E-state index in [0.29, 0.717) is 23.7 Å². The first-order valence-corrected chi connectivity index (χ1v) is 11.8. The van der Waals surface area contributed by atoms with Gasteiger partial charge in [0.25, 0.3) is 0 Å². The third-order valence-electron chi connectivity index (χ3n) is 6.22. The molecule has 3 rings (SSSR count). The van der Waals surface area contributed by atoms with Gasteiger partial charge in [0, 0.05) is 28.0 Å². The van der Waals surface area contributed by atoms with Crippen molar-refractivity contribution in [1.29, 1.82) is 5.26 Å². The van der Waals surface area contributed by atoms with Gasteiger partial charge in [0.2, 0.25) is 0 Å². The van der Waals surface area contributed by atoms with Gasteiger partial charge in [0.1, 0.15) is 23.8 Å². The Balaban J connectivity index is 2.40. The third kappa shape index (κ3) is 4.39. The molecule has 0 fully saturated rings. The molecule has 32 heavy (non-hydrogen) atoms. The molecule has 0 aliphatic heterocycles. The zero-order chi connectivity index (χ0) is 23.6. The topological polar surface area (TPSA) is 32.6 Å². The van der Waals surface area contributed by atoms with Crippen LogP contribution in [0.15, 0.2) is 48.8 Å². The lowest BCUT2D eigenvalue weighted by atomic mass is 9.78. The van der Waals surface area contributed by atoms with Crippen LogP contribution in [-0.2, 0) is 0 Å². The molecule has 2 aromatic carbocycles. The molecule has 4 heteroatoms. The van der Waals surface area contributed by atoms with E-state index in [4.69, 9.17) is 0 Å². The van der Waals surface area contributed by atoms with Crippen LogP contribution in [0.4, 0.5) is 0 Å². The number of nitrogens with zero attached hydrogens (tertiary/aromatic N) is 3. The van der Waals surface area contributed by atoms with Gasteiger partial charge >= 0.3 is 0 Å². The van der Waals surface area contributed by atoms with Crippen LogP contribution in [0.3, 0.4) is 0 Å². The Kier molecular flexibility index (Phi) is 7.29. The number of imidazole rings is 1. The summed E-state index contributed by atoms with van der Waals surface area (Å²) < 4.78 is 4.43. The Morgan fingerprint density at radius 1 is 0.750 bits per heavy atom. The van der Waals surface area contributed by atoms with Crippen molar-refractivity contribution in [2.24, 2.45) is 0 Å². The van der Waals surface area contributed by atoms with Gasteiger partial charge in [-0.15, -0.1) is 0 Å². The van der Waals surface area contributed by atoms with Gasteiger partial charge < -0.3 is 0 Å². The van der Waals surface area contributed by atoms with E-state index in [2.05, 4.69) is 119 Å². The smallest absolute Gasteiger partial charge is 0.135 e. The quantitative estimate of drug-likeness (QED) is 0.335. The van der Waals surface area contributed by atoms with E-state index < -0.39 is 0 Å². The number of benzene rings is 2. The number of nitriles is 1. The Morgan fingerprint density at radius 2 is 1.19 bits per heavy atom. The van der Waals surface area contributed by atoms with Crippen LogP contribution in [0.25, 0.3) is 11.4 Å². The molecule has 0 unspecified atom stereocenters. The van der Waals surface area contributed by atoms with Crippen LogP contribution in [0.1, 0.15) is 101 Å². The van der Waals surface area contributed by atoms with Gasteiger partial charge in [-0.2, -0.15) is 0 Å². The fourth-order valence-corrected chi connectivity index (χ4v) is 4.56. The zero-order valence-electron chi connectivity index (χ0n) is 20.8. The molecule has 0 saturated carbocycles. The van der Waals surface area contributed by atoms with E-state index >= 15 is 0 Å². The Hall–Kier alpha value is -2.80. The van der Waals surface area contributed by atoms with Crippen LogP contribution in [0, 0.1) is 11.2 Å². The summed E-state index contributed by atoms with van der Waals surface area (Å²) in [5.41, 5.74) is 8.48. The van der Waals surface area contributed by atoms with Gasteiger partial charge in [-0.3, -0.25) is 5.26 Å². The predicted octanol–water partition coefficient (Wildman–Crippen LogP) is 6.06. The molecule has 1 aromatic heterocycles. The van der Waals surface area contributed by atoms with E-state index in [0.717, 1.165) is 5.72 Å². The summed E-state index contributed by atoms with van der Waals surface area (Å²) in [4.78, 5) is 0. The molecular formula is C28H36BN3. The number of hydrogen-bond donors (Lipinski definition) is 0. The summed E-state index contributed by atoms with van der Waals surface area (Å²) in [6.07, 6.45) is 4.24. The maximum atomic E-state index is 9.76. The average molecular weight is 425 g/mol. The summed E-state index contributed by atoms with van der Waals surface area (Å²) in [6.45, 7) is 17.9. The molecule has 0 bridgehead atoms. The predicted molar refractivity (Wildman–Crippen MR) is 135 cm³/mol. The van der Waals surface area contributed by atoms with E-state index in [9.17, 15) is 5.26 Å². The van der Waals surface area contributed by atoms with E-state index in [1.165, 1.54) is 33.6 Å².